The lowest BCUT2D eigenvalue weighted by Gasteiger charge is -2.31. The van der Waals surface area contributed by atoms with Gasteiger partial charge in [-0.1, -0.05) is 18.2 Å². The molecule has 28 heavy (non-hydrogen) atoms. The Bertz CT molecular complexity index is 945. The third-order valence-electron chi connectivity index (χ3n) is 5.13. The smallest absolute Gasteiger partial charge is 0.471 e. The zero-order valence-corrected chi connectivity index (χ0v) is 16.2. The third kappa shape index (κ3) is 3.12. The molecule has 1 aliphatic rings. The Morgan fingerprint density at radius 1 is 1.29 bits per heavy atom. The molecule has 2 atom stereocenters. The van der Waals surface area contributed by atoms with Crippen LogP contribution in [0.1, 0.15) is 27.8 Å². The molecule has 0 aliphatic heterocycles. The average molecular weight is 414 g/mol. The van der Waals surface area contributed by atoms with Crippen LogP contribution in [-0.2, 0) is 16.8 Å². The van der Waals surface area contributed by atoms with Gasteiger partial charge in [-0.15, -0.1) is 11.6 Å². The van der Waals surface area contributed by atoms with Gasteiger partial charge in [-0.05, 0) is 54.7 Å². The maximum absolute atomic E-state index is 12.7. The molecular formula is C20H19ClF3NO3. The predicted octanol–water partition coefficient (Wildman–Crippen LogP) is 4.21. The number of methoxy groups -OCH3 is 1. The van der Waals surface area contributed by atoms with Crippen LogP contribution in [0.5, 0.6) is 5.75 Å². The first kappa shape index (κ1) is 20.5. The first-order chi connectivity index (χ1) is 13.0. The maximum atomic E-state index is 12.7. The molecule has 150 valence electrons. The normalized spacial score (nSPS) is 21.4. The fourth-order valence-corrected chi connectivity index (χ4v) is 4.24. The fourth-order valence-electron chi connectivity index (χ4n) is 3.85. The first-order valence-corrected chi connectivity index (χ1v) is 8.97. The van der Waals surface area contributed by atoms with Crippen molar-refractivity contribution in [2.75, 3.05) is 12.4 Å². The van der Waals surface area contributed by atoms with E-state index in [2.05, 4.69) is 0 Å². The maximum Gasteiger partial charge on any atom is 0.471 e. The number of fused-ring (bicyclic) bond motifs is 1. The summed E-state index contributed by atoms with van der Waals surface area (Å²) in [6.45, 7) is 3.66. The highest BCUT2D eigenvalue weighted by molar-refractivity contribution is 6.22. The van der Waals surface area contributed by atoms with Crippen molar-refractivity contribution in [3.05, 3.63) is 58.1 Å². The number of halogens is 4. The van der Waals surface area contributed by atoms with Crippen molar-refractivity contribution in [1.29, 1.82) is 0 Å². The highest BCUT2D eigenvalue weighted by Gasteiger charge is 2.49. The van der Waals surface area contributed by atoms with E-state index in [1.165, 1.54) is 18.2 Å². The van der Waals surface area contributed by atoms with Crippen LogP contribution >= 0.6 is 11.6 Å². The minimum absolute atomic E-state index is 0.107. The van der Waals surface area contributed by atoms with Gasteiger partial charge < -0.3 is 15.2 Å². The largest absolute Gasteiger partial charge is 0.496 e. The fraction of sp³-hybridized carbons (Fsp3) is 0.350. The van der Waals surface area contributed by atoms with Crippen LogP contribution in [-0.4, -0.2) is 29.7 Å². The van der Waals surface area contributed by atoms with Gasteiger partial charge in [0.1, 0.15) is 11.4 Å². The van der Waals surface area contributed by atoms with E-state index in [1.54, 1.807) is 19.2 Å². The van der Waals surface area contributed by atoms with Crippen LogP contribution in [0.15, 0.2) is 30.3 Å². The van der Waals surface area contributed by atoms with Crippen LogP contribution in [0.4, 0.5) is 18.9 Å². The number of rotatable bonds is 3. The lowest BCUT2D eigenvalue weighted by Crippen LogP contribution is -2.36. The Morgan fingerprint density at radius 2 is 1.93 bits per heavy atom. The quantitative estimate of drug-likeness (QED) is 0.741. The third-order valence-corrected chi connectivity index (χ3v) is 5.60. The molecule has 0 aromatic heterocycles. The number of carbonyl (C=O) groups excluding carboxylic acids is 1. The summed E-state index contributed by atoms with van der Waals surface area (Å²) < 4.78 is 43.6. The molecule has 4 nitrogen and oxygen atoms in total. The minimum Gasteiger partial charge on any atom is -0.496 e. The zero-order chi connectivity index (χ0) is 20.9. The number of alkyl halides is 4. The van der Waals surface area contributed by atoms with Crippen molar-refractivity contribution in [2.24, 2.45) is 0 Å². The Labute approximate surface area is 165 Å². The van der Waals surface area contributed by atoms with Gasteiger partial charge in [0.25, 0.3) is 0 Å². The number of nitrogens with one attached hydrogen (secondary N) is 1. The second kappa shape index (κ2) is 6.97. The highest BCUT2D eigenvalue weighted by Crippen LogP contribution is 2.50. The number of anilines is 1. The average Bonchev–Trinajstić information content (AvgIpc) is 2.87. The van der Waals surface area contributed by atoms with Gasteiger partial charge in [-0.25, -0.2) is 0 Å². The standard InChI is InChI=1S/C20H19ClF3NO3/c1-10-8-14-12(11(2)17(10)28-3)9-16(21)19(14,27)13-6-4-5-7-15(13)25-18(26)20(22,23)24/h4-8,16,27H,9H2,1-3H3,(H,25,26). The van der Waals surface area contributed by atoms with E-state index in [9.17, 15) is 23.1 Å². The monoisotopic (exact) mass is 413 g/mol. The number of benzene rings is 2. The summed E-state index contributed by atoms with van der Waals surface area (Å²) in [5.41, 5.74) is 1.05. The van der Waals surface area contributed by atoms with Crippen molar-refractivity contribution >= 4 is 23.2 Å². The molecule has 0 heterocycles. The van der Waals surface area contributed by atoms with Crippen molar-refractivity contribution in [2.45, 2.75) is 37.4 Å². The Hall–Kier alpha value is -2.25. The van der Waals surface area contributed by atoms with Crippen LogP contribution in [0, 0.1) is 13.8 Å². The molecule has 1 aliphatic carbocycles. The van der Waals surface area contributed by atoms with Crippen LogP contribution in [0.3, 0.4) is 0 Å². The number of para-hydroxylation sites is 1. The number of carbonyl (C=O) groups is 1. The highest BCUT2D eigenvalue weighted by atomic mass is 35.5. The molecule has 3 rings (SSSR count). The number of aliphatic hydroxyl groups is 1. The molecule has 0 saturated carbocycles. The van der Waals surface area contributed by atoms with E-state index in [4.69, 9.17) is 16.3 Å². The molecule has 2 aromatic rings. The summed E-state index contributed by atoms with van der Waals surface area (Å²) in [5.74, 6) is -1.44. The van der Waals surface area contributed by atoms with Crippen molar-refractivity contribution in [1.82, 2.24) is 0 Å². The number of hydrogen-bond acceptors (Lipinski definition) is 3. The minimum atomic E-state index is -5.05. The van der Waals surface area contributed by atoms with E-state index in [0.29, 0.717) is 17.7 Å². The molecule has 0 spiro atoms. The van der Waals surface area contributed by atoms with Gasteiger partial charge in [0, 0.05) is 11.3 Å². The number of hydrogen-bond donors (Lipinski definition) is 2. The second-order valence-corrected chi connectivity index (χ2v) is 7.34. The van der Waals surface area contributed by atoms with E-state index in [0.717, 1.165) is 16.7 Å². The van der Waals surface area contributed by atoms with Crippen LogP contribution < -0.4 is 10.1 Å². The van der Waals surface area contributed by atoms with Gasteiger partial charge in [0.15, 0.2) is 0 Å². The van der Waals surface area contributed by atoms with Crippen LogP contribution in [0.25, 0.3) is 0 Å². The lowest BCUT2D eigenvalue weighted by molar-refractivity contribution is -0.167. The summed E-state index contributed by atoms with van der Waals surface area (Å²) in [4.78, 5) is 11.5. The van der Waals surface area contributed by atoms with Crippen LogP contribution in [0.2, 0.25) is 0 Å². The number of amides is 1. The van der Waals surface area contributed by atoms with Crippen molar-refractivity contribution in [3.63, 3.8) is 0 Å². The van der Waals surface area contributed by atoms with E-state index >= 15 is 0 Å². The summed E-state index contributed by atoms with van der Waals surface area (Å²) in [6.07, 6.45) is -4.75. The van der Waals surface area contributed by atoms with E-state index < -0.39 is 23.1 Å². The summed E-state index contributed by atoms with van der Waals surface area (Å²) >= 11 is 6.51. The Kier molecular flexibility index (Phi) is 5.10. The molecule has 0 bridgehead atoms. The molecule has 2 unspecified atom stereocenters. The van der Waals surface area contributed by atoms with Gasteiger partial charge >= 0.3 is 12.1 Å². The van der Waals surface area contributed by atoms with E-state index in [-0.39, 0.29) is 11.3 Å². The molecule has 8 heteroatoms. The number of ether oxygens (including phenoxy) is 1. The topological polar surface area (TPSA) is 58.6 Å². The molecule has 0 radical (unpaired) electrons. The van der Waals surface area contributed by atoms with E-state index in [1.807, 2.05) is 19.2 Å². The molecule has 2 N–H and O–H groups in total. The predicted molar refractivity (Wildman–Crippen MR) is 99.9 cm³/mol. The zero-order valence-electron chi connectivity index (χ0n) is 15.4. The summed E-state index contributed by atoms with van der Waals surface area (Å²) in [6, 6.07) is 7.54. The molecule has 0 saturated heterocycles. The number of aryl methyl sites for hydroxylation is 1. The molecule has 1 amide bonds. The summed E-state index contributed by atoms with van der Waals surface area (Å²) in [7, 11) is 1.54. The Morgan fingerprint density at radius 3 is 2.54 bits per heavy atom. The molecule has 2 aromatic carbocycles. The summed E-state index contributed by atoms with van der Waals surface area (Å²) in [5, 5.41) is 12.6. The van der Waals surface area contributed by atoms with Gasteiger partial charge in [0.05, 0.1) is 12.5 Å². The second-order valence-electron chi connectivity index (χ2n) is 6.81. The van der Waals surface area contributed by atoms with Gasteiger partial charge in [0.2, 0.25) is 0 Å². The first-order valence-electron chi connectivity index (χ1n) is 8.53. The lowest BCUT2D eigenvalue weighted by atomic mass is 9.85. The Balaban J connectivity index is 2.18. The molecule has 0 fully saturated rings. The van der Waals surface area contributed by atoms with Gasteiger partial charge in [-0.3, -0.25) is 4.79 Å². The molecular weight excluding hydrogens is 395 g/mol. The SMILES string of the molecule is COc1c(C)cc2c(c1C)CC(Cl)C2(O)c1ccccc1NC(=O)C(F)(F)F. The van der Waals surface area contributed by atoms with Crippen molar-refractivity contribution < 1.29 is 27.8 Å². The van der Waals surface area contributed by atoms with Crippen molar-refractivity contribution in [3.8, 4) is 5.75 Å². The van der Waals surface area contributed by atoms with Gasteiger partial charge in [-0.2, -0.15) is 13.2 Å².